The molecule has 0 radical (unpaired) electrons. The minimum absolute atomic E-state index is 0.00740. The molecule has 38 heavy (non-hydrogen) atoms. The number of nitrogens with zero attached hydrogens (tertiary/aromatic N) is 2. The molecule has 1 heterocycles. The van der Waals surface area contributed by atoms with Gasteiger partial charge in [-0.2, -0.15) is 5.10 Å². The smallest absolute Gasteiger partial charge is 0.265 e. The van der Waals surface area contributed by atoms with Gasteiger partial charge in [0.2, 0.25) is 0 Å². The fourth-order valence-corrected chi connectivity index (χ4v) is 5.49. The number of carbonyl (C=O) groups excluding carboxylic acids is 1. The van der Waals surface area contributed by atoms with Crippen LogP contribution in [0, 0.1) is 6.92 Å². The summed E-state index contributed by atoms with van der Waals surface area (Å²) >= 11 is 6.64. The predicted octanol–water partition coefficient (Wildman–Crippen LogP) is 6.48. The van der Waals surface area contributed by atoms with Crippen molar-refractivity contribution < 1.29 is 13.2 Å². The monoisotopic (exact) mass is 541 g/mol. The predicted molar refractivity (Wildman–Crippen MR) is 152 cm³/mol. The van der Waals surface area contributed by atoms with Crippen LogP contribution < -0.4 is 4.72 Å². The van der Waals surface area contributed by atoms with E-state index in [0.29, 0.717) is 17.1 Å². The molecular weight excluding hydrogens is 518 g/mol. The molecule has 1 aromatic heterocycles. The molecule has 1 amide bonds. The van der Waals surface area contributed by atoms with Crippen molar-refractivity contribution in [2.45, 2.75) is 18.4 Å². The number of rotatable bonds is 7. The molecule has 0 aliphatic rings. The lowest BCUT2D eigenvalue weighted by atomic mass is 10.0. The Kier molecular flexibility index (Phi) is 6.89. The Bertz CT molecular complexity index is 1780. The average molecular weight is 542 g/mol. The normalized spacial score (nSPS) is 11.4. The van der Waals surface area contributed by atoms with E-state index in [0.717, 1.165) is 33.3 Å². The largest absolute Gasteiger partial charge is 0.268 e. The number of sulfonamides is 1. The first-order chi connectivity index (χ1) is 18.2. The minimum atomic E-state index is -4.05. The summed E-state index contributed by atoms with van der Waals surface area (Å²) in [6.45, 7) is 5.93. The van der Waals surface area contributed by atoms with Crippen LogP contribution in [0.2, 0.25) is 5.02 Å². The van der Waals surface area contributed by atoms with Crippen LogP contribution >= 0.6 is 11.6 Å². The number of amides is 1. The topological polar surface area (TPSA) is 81.1 Å². The van der Waals surface area contributed by atoms with E-state index in [1.54, 1.807) is 41.1 Å². The zero-order valence-electron chi connectivity index (χ0n) is 20.6. The number of benzene rings is 4. The summed E-state index contributed by atoms with van der Waals surface area (Å²) in [6, 6.07) is 27.0. The maximum Gasteiger partial charge on any atom is 0.265 e. The Morgan fingerprint density at radius 3 is 2.39 bits per heavy atom. The average Bonchev–Trinajstić information content (AvgIpc) is 3.24. The van der Waals surface area contributed by atoms with Gasteiger partial charge in [0.15, 0.2) is 0 Å². The highest BCUT2D eigenvalue weighted by molar-refractivity contribution is 7.90. The number of carbonyl (C=O) groups is 1. The SMILES string of the molecule is C=Cc1ccc(S(=O)(=O)NC(=O)c2ccc3c(C)nn(Cc4ccc(-c5ccccc5)cc4Cl)c3c2)cc1. The molecular formula is C30H24ClN3O3S. The highest BCUT2D eigenvalue weighted by Crippen LogP contribution is 2.28. The Morgan fingerprint density at radius 2 is 1.71 bits per heavy atom. The summed E-state index contributed by atoms with van der Waals surface area (Å²) in [5.74, 6) is -0.727. The third-order valence-corrected chi connectivity index (χ3v) is 8.03. The fourth-order valence-electron chi connectivity index (χ4n) is 4.27. The van der Waals surface area contributed by atoms with Crippen LogP contribution in [0.1, 0.15) is 27.2 Å². The van der Waals surface area contributed by atoms with Gasteiger partial charge in [-0.05, 0) is 59.5 Å². The van der Waals surface area contributed by atoms with Gasteiger partial charge in [0.05, 0.1) is 22.7 Å². The molecule has 0 saturated carbocycles. The van der Waals surface area contributed by atoms with Gasteiger partial charge >= 0.3 is 0 Å². The van der Waals surface area contributed by atoms with Crippen LogP contribution in [0.3, 0.4) is 0 Å². The fraction of sp³-hybridized carbons (Fsp3) is 0.0667. The van der Waals surface area contributed by atoms with Crippen LogP contribution in [0.25, 0.3) is 28.1 Å². The third-order valence-electron chi connectivity index (χ3n) is 6.33. The van der Waals surface area contributed by atoms with E-state index in [-0.39, 0.29) is 10.5 Å². The van der Waals surface area contributed by atoms with E-state index >= 15 is 0 Å². The standard InChI is InChI=1S/C30H24ClN3O3S/c1-3-21-9-14-26(15-10-21)38(36,37)33-30(35)24-13-16-27-20(2)32-34(29(27)18-24)19-25-12-11-23(17-28(25)31)22-7-5-4-6-8-22/h3-18H,1,19H2,2H3,(H,33,35). The van der Waals surface area contributed by atoms with Crippen molar-refractivity contribution >= 4 is 44.5 Å². The number of nitrogens with one attached hydrogen (secondary N) is 1. The molecule has 190 valence electrons. The van der Waals surface area contributed by atoms with Crippen molar-refractivity contribution in [3.63, 3.8) is 0 Å². The Balaban J connectivity index is 1.42. The molecule has 0 aliphatic carbocycles. The lowest BCUT2D eigenvalue weighted by molar-refractivity contribution is 0.0981. The quantitative estimate of drug-likeness (QED) is 0.256. The molecule has 0 aliphatic heterocycles. The van der Waals surface area contributed by atoms with Crippen molar-refractivity contribution in [2.24, 2.45) is 0 Å². The van der Waals surface area contributed by atoms with Crippen LogP contribution in [0.5, 0.6) is 0 Å². The van der Waals surface area contributed by atoms with Crippen molar-refractivity contribution in [1.82, 2.24) is 14.5 Å². The Morgan fingerprint density at radius 1 is 0.974 bits per heavy atom. The van der Waals surface area contributed by atoms with Crippen molar-refractivity contribution in [1.29, 1.82) is 0 Å². The van der Waals surface area contributed by atoms with Crippen molar-refractivity contribution in [2.75, 3.05) is 0 Å². The third kappa shape index (κ3) is 5.11. The molecule has 1 N–H and O–H groups in total. The maximum absolute atomic E-state index is 12.9. The molecule has 0 saturated heterocycles. The molecule has 6 nitrogen and oxygen atoms in total. The maximum atomic E-state index is 12.9. The van der Waals surface area contributed by atoms with Crippen LogP contribution in [-0.4, -0.2) is 24.1 Å². The summed E-state index contributed by atoms with van der Waals surface area (Å²) in [4.78, 5) is 12.9. The van der Waals surface area contributed by atoms with Gasteiger partial charge in [0.25, 0.3) is 15.9 Å². The number of aromatic nitrogens is 2. The van der Waals surface area contributed by atoms with Gasteiger partial charge in [0, 0.05) is 16.0 Å². The second-order valence-corrected chi connectivity index (χ2v) is 10.9. The number of halogens is 1. The molecule has 0 unspecified atom stereocenters. The molecule has 4 aromatic carbocycles. The first-order valence-corrected chi connectivity index (χ1v) is 13.7. The summed E-state index contributed by atoms with van der Waals surface area (Å²) in [5.41, 5.74) is 5.43. The molecule has 0 fully saturated rings. The van der Waals surface area contributed by atoms with E-state index in [2.05, 4.69) is 16.4 Å². The lowest BCUT2D eigenvalue weighted by Crippen LogP contribution is -2.30. The lowest BCUT2D eigenvalue weighted by Gasteiger charge is -2.10. The zero-order chi connectivity index (χ0) is 26.9. The van der Waals surface area contributed by atoms with E-state index in [9.17, 15) is 13.2 Å². The summed E-state index contributed by atoms with van der Waals surface area (Å²) < 4.78 is 29.5. The van der Waals surface area contributed by atoms with E-state index < -0.39 is 15.9 Å². The number of fused-ring (bicyclic) bond motifs is 1. The van der Waals surface area contributed by atoms with Crippen LogP contribution in [0.4, 0.5) is 0 Å². The van der Waals surface area contributed by atoms with Gasteiger partial charge in [-0.25, -0.2) is 13.1 Å². The van der Waals surface area contributed by atoms with Gasteiger partial charge in [0.1, 0.15) is 0 Å². The zero-order valence-corrected chi connectivity index (χ0v) is 22.1. The van der Waals surface area contributed by atoms with Crippen molar-refractivity contribution in [3.05, 3.63) is 125 Å². The highest BCUT2D eigenvalue weighted by Gasteiger charge is 2.20. The van der Waals surface area contributed by atoms with Crippen LogP contribution in [0.15, 0.2) is 102 Å². The highest BCUT2D eigenvalue weighted by atomic mass is 35.5. The molecule has 5 aromatic rings. The first-order valence-electron chi connectivity index (χ1n) is 11.9. The molecule has 5 rings (SSSR count). The minimum Gasteiger partial charge on any atom is -0.268 e. The number of hydrogen-bond donors (Lipinski definition) is 1. The van der Waals surface area contributed by atoms with Gasteiger partial charge in [-0.1, -0.05) is 84.9 Å². The molecule has 0 spiro atoms. The molecule has 0 bridgehead atoms. The van der Waals surface area contributed by atoms with E-state index in [1.807, 2.05) is 55.5 Å². The summed E-state index contributed by atoms with van der Waals surface area (Å²) in [7, 11) is -4.05. The van der Waals surface area contributed by atoms with Gasteiger partial charge in [-0.15, -0.1) is 0 Å². The molecule has 8 heteroatoms. The van der Waals surface area contributed by atoms with Crippen LogP contribution in [-0.2, 0) is 16.6 Å². The van der Waals surface area contributed by atoms with E-state index in [1.165, 1.54) is 12.1 Å². The summed E-state index contributed by atoms with van der Waals surface area (Å²) in [5, 5.41) is 6.11. The Hall–Kier alpha value is -4.20. The van der Waals surface area contributed by atoms with Crippen molar-refractivity contribution in [3.8, 4) is 11.1 Å². The first kappa shape index (κ1) is 25.4. The van der Waals surface area contributed by atoms with E-state index in [4.69, 9.17) is 11.6 Å². The second kappa shape index (κ2) is 10.3. The number of aryl methyl sites for hydroxylation is 1. The van der Waals surface area contributed by atoms with Gasteiger partial charge in [-0.3, -0.25) is 9.48 Å². The summed E-state index contributed by atoms with van der Waals surface area (Å²) in [6.07, 6.45) is 1.61. The number of hydrogen-bond acceptors (Lipinski definition) is 4. The molecule has 0 atom stereocenters. The van der Waals surface area contributed by atoms with Gasteiger partial charge < -0.3 is 0 Å². The Labute approximate surface area is 226 Å². The second-order valence-electron chi connectivity index (χ2n) is 8.85.